The third kappa shape index (κ3) is 2.40. The molecule has 0 fully saturated rings. The van der Waals surface area contributed by atoms with Crippen LogP contribution >= 0.6 is 0 Å². The number of hydrogen-bond acceptors (Lipinski definition) is 2. The van der Waals surface area contributed by atoms with Gasteiger partial charge in [0.2, 0.25) is 0 Å². The van der Waals surface area contributed by atoms with Crippen molar-refractivity contribution in [1.82, 2.24) is 9.47 Å². The molecule has 1 aliphatic heterocycles. The van der Waals surface area contributed by atoms with Crippen molar-refractivity contribution < 1.29 is 4.79 Å². The Balaban J connectivity index is 2.15. The van der Waals surface area contributed by atoms with Crippen molar-refractivity contribution >= 4 is 16.7 Å². The molecule has 1 aromatic heterocycles. The lowest BCUT2D eigenvalue weighted by Gasteiger charge is -2.05. The van der Waals surface area contributed by atoms with Crippen LogP contribution in [0.3, 0.4) is 0 Å². The van der Waals surface area contributed by atoms with Gasteiger partial charge >= 0.3 is 0 Å². The van der Waals surface area contributed by atoms with E-state index in [1.54, 1.807) is 6.92 Å². The molecule has 0 radical (unpaired) electrons. The maximum absolute atomic E-state index is 11.4. The minimum Gasteiger partial charge on any atom is -0.345 e. The largest absolute Gasteiger partial charge is 0.345 e. The molecule has 1 aliphatic rings. The third-order valence-electron chi connectivity index (χ3n) is 4.70. The highest BCUT2D eigenvalue weighted by Gasteiger charge is 2.20. The molecule has 0 aliphatic carbocycles. The van der Waals surface area contributed by atoms with E-state index in [4.69, 9.17) is 0 Å². The summed E-state index contributed by atoms with van der Waals surface area (Å²) < 4.78 is 2.39. The highest BCUT2D eigenvalue weighted by molar-refractivity contribution is 5.88. The van der Waals surface area contributed by atoms with Gasteiger partial charge in [-0.2, -0.15) is 0 Å². The van der Waals surface area contributed by atoms with Crippen molar-refractivity contribution in [3.05, 3.63) is 34.5 Å². The highest BCUT2D eigenvalue weighted by Crippen LogP contribution is 2.33. The Labute approximate surface area is 126 Å². The van der Waals surface area contributed by atoms with Crippen molar-refractivity contribution in [3.63, 3.8) is 0 Å². The highest BCUT2D eigenvalue weighted by atomic mass is 16.1. The van der Waals surface area contributed by atoms with Crippen LogP contribution in [0.25, 0.3) is 10.9 Å². The predicted octanol–water partition coefficient (Wildman–Crippen LogP) is 3.44. The van der Waals surface area contributed by atoms with Gasteiger partial charge in [-0.3, -0.25) is 4.90 Å². The molecule has 0 saturated heterocycles. The number of Topliss-reactive ketones (excluding diaryl/α,β-unsaturated/α-hetero) is 1. The first-order chi connectivity index (χ1) is 10.0. The van der Waals surface area contributed by atoms with Crippen LogP contribution in [0, 0.1) is 6.92 Å². The molecule has 21 heavy (non-hydrogen) atoms. The lowest BCUT2D eigenvalue weighted by Crippen LogP contribution is -2.07. The Morgan fingerprint density at radius 2 is 1.90 bits per heavy atom. The van der Waals surface area contributed by atoms with Gasteiger partial charge in [-0.15, -0.1) is 0 Å². The number of carbonyl (C=O) groups excluding carboxylic acids is 1. The van der Waals surface area contributed by atoms with E-state index in [0.717, 1.165) is 26.1 Å². The fourth-order valence-electron chi connectivity index (χ4n) is 3.64. The fourth-order valence-corrected chi connectivity index (χ4v) is 3.64. The Morgan fingerprint density at radius 1 is 1.24 bits per heavy atom. The van der Waals surface area contributed by atoms with Crippen molar-refractivity contribution in [1.29, 1.82) is 0 Å². The SMILES string of the molecule is CCn1c(C)c(CCC(C)=O)c2cc3c(cc21)CN(C)C3. The molecular weight excluding hydrogens is 260 g/mol. The molecule has 0 unspecified atom stereocenters. The van der Waals surface area contributed by atoms with Gasteiger partial charge < -0.3 is 9.36 Å². The smallest absolute Gasteiger partial charge is 0.130 e. The maximum atomic E-state index is 11.4. The molecule has 2 aromatic rings. The van der Waals surface area contributed by atoms with E-state index in [2.05, 4.69) is 42.5 Å². The number of fused-ring (bicyclic) bond motifs is 2. The zero-order valence-corrected chi connectivity index (χ0v) is 13.5. The molecule has 0 N–H and O–H groups in total. The minimum atomic E-state index is 0.271. The number of aromatic nitrogens is 1. The van der Waals surface area contributed by atoms with E-state index in [1.807, 2.05) is 0 Å². The zero-order chi connectivity index (χ0) is 15.1. The standard InChI is InChI=1S/C18H24N2O/c1-5-20-13(3)16(7-6-12(2)21)17-8-14-10-19(4)11-15(14)9-18(17)20/h8-9H,5-7,10-11H2,1-4H3. The lowest BCUT2D eigenvalue weighted by molar-refractivity contribution is -0.116. The van der Waals surface area contributed by atoms with Crippen LogP contribution in [0.4, 0.5) is 0 Å². The van der Waals surface area contributed by atoms with Gasteiger partial charge in [-0.1, -0.05) is 0 Å². The molecule has 0 atom stereocenters. The maximum Gasteiger partial charge on any atom is 0.130 e. The minimum absolute atomic E-state index is 0.271. The first-order valence-electron chi connectivity index (χ1n) is 7.82. The van der Waals surface area contributed by atoms with Crippen LogP contribution in [0.5, 0.6) is 0 Å². The van der Waals surface area contributed by atoms with Crippen LogP contribution in [0.1, 0.15) is 42.7 Å². The molecule has 3 rings (SSSR count). The molecule has 3 nitrogen and oxygen atoms in total. The quantitative estimate of drug-likeness (QED) is 0.859. The summed E-state index contributed by atoms with van der Waals surface area (Å²) in [7, 11) is 2.17. The number of aryl methyl sites for hydroxylation is 2. The van der Waals surface area contributed by atoms with E-state index < -0.39 is 0 Å². The molecule has 112 valence electrons. The lowest BCUT2D eigenvalue weighted by atomic mass is 10.0. The van der Waals surface area contributed by atoms with Gasteiger partial charge in [-0.25, -0.2) is 0 Å². The Bertz CT molecular complexity index is 712. The van der Waals surface area contributed by atoms with E-state index in [1.165, 1.54) is 33.3 Å². The topological polar surface area (TPSA) is 25.2 Å². The Kier molecular flexibility index (Phi) is 3.62. The number of rotatable bonds is 4. The number of ketones is 1. The van der Waals surface area contributed by atoms with Crippen LogP contribution in [0.15, 0.2) is 12.1 Å². The summed E-state index contributed by atoms with van der Waals surface area (Å²) in [5, 5.41) is 1.35. The van der Waals surface area contributed by atoms with Crippen molar-refractivity contribution in [2.45, 2.75) is 53.2 Å². The van der Waals surface area contributed by atoms with Gasteiger partial charge in [-0.05, 0) is 63.1 Å². The molecule has 0 spiro atoms. The van der Waals surface area contributed by atoms with Crippen molar-refractivity contribution in [3.8, 4) is 0 Å². The van der Waals surface area contributed by atoms with Crippen molar-refractivity contribution in [2.24, 2.45) is 0 Å². The van der Waals surface area contributed by atoms with Crippen molar-refractivity contribution in [2.75, 3.05) is 7.05 Å². The molecule has 0 amide bonds. The normalized spacial score (nSPS) is 14.9. The van der Waals surface area contributed by atoms with Crippen LogP contribution < -0.4 is 0 Å². The average Bonchev–Trinajstić information content (AvgIpc) is 2.89. The molecule has 0 bridgehead atoms. The zero-order valence-electron chi connectivity index (χ0n) is 13.5. The number of nitrogens with zero attached hydrogens (tertiary/aromatic N) is 2. The first kappa shape index (κ1) is 14.3. The summed E-state index contributed by atoms with van der Waals surface area (Å²) in [6, 6.07) is 4.73. The second-order valence-electron chi connectivity index (χ2n) is 6.32. The van der Waals surface area contributed by atoms with Gasteiger partial charge in [0.25, 0.3) is 0 Å². The summed E-state index contributed by atoms with van der Waals surface area (Å²) in [4.78, 5) is 13.7. The van der Waals surface area contributed by atoms with E-state index in [9.17, 15) is 4.79 Å². The Hall–Kier alpha value is -1.61. The van der Waals surface area contributed by atoms with E-state index in [-0.39, 0.29) is 5.78 Å². The predicted molar refractivity (Wildman–Crippen MR) is 86.5 cm³/mol. The number of benzene rings is 1. The molecule has 2 heterocycles. The van der Waals surface area contributed by atoms with Crippen LogP contribution in [0.2, 0.25) is 0 Å². The molecule has 0 saturated carbocycles. The molecular formula is C18H24N2O. The third-order valence-corrected chi connectivity index (χ3v) is 4.70. The Morgan fingerprint density at radius 3 is 2.52 bits per heavy atom. The number of carbonyl (C=O) groups is 1. The number of hydrogen-bond donors (Lipinski definition) is 0. The first-order valence-corrected chi connectivity index (χ1v) is 7.82. The van der Waals surface area contributed by atoms with E-state index in [0.29, 0.717) is 6.42 Å². The van der Waals surface area contributed by atoms with Gasteiger partial charge in [0.15, 0.2) is 0 Å². The second kappa shape index (κ2) is 5.30. The van der Waals surface area contributed by atoms with Crippen LogP contribution in [-0.2, 0) is 30.8 Å². The molecule has 1 aromatic carbocycles. The fraction of sp³-hybridized carbons (Fsp3) is 0.500. The summed E-state index contributed by atoms with van der Waals surface area (Å²) in [5.41, 5.74) is 6.92. The van der Waals surface area contributed by atoms with Crippen LogP contribution in [-0.4, -0.2) is 22.3 Å². The summed E-state index contributed by atoms with van der Waals surface area (Å²) in [6.45, 7) is 9.13. The monoisotopic (exact) mass is 284 g/mol. The van der Waals surface area contributed by atoms with E-state index >= 15 is 0 Å². The molecule has 3 heteroatoms. The summed E-state index contributed by atoms with van der Waals surface area (Å²) in [5.74, 6) is 0.271. The average molecular weight is 284 g/mol. The summed E-state index contributed by atoms with van der Waals surface area (Å²) in [6.07, 6.45) is 1.50. The van der Waals surface area contributed by atoms with Gasteiger partial charge in [0.05, 0.1) is 0 Å². The van der Waals surface area contributed by atoms with Gasteiger partial charge in [0.1, 0.15) is 5.78 Å². The van der Waals surface area contributed by atoms with Gasteiger partial charge in [0, 0.05) is 42.7 Å². The summed E-state index contributed by atoms with van der Waals surface area (Å²) >= 11 is 0. The second-order valence-corrected chi connectivity index (χ2v) is 6.32.